The van der Waals surface area contributed by atoms with E-state index >= 15 is 0 Å². The molecule has 2 aromatic carbocycles. The molecule has 0 unspecified atom stereocenters. The topological polar surface area (TPSA) is 85.2 Å². The Labute approximate surface area is 218 Å². The Kier molecular flexibility index (Phi) is 7.21. The predicted molar refractivity (Wildman–Crippen MR) is 142 cm³/mol. The summed E-state index contributed by atoms with van der Waals surface area (Å²) in [6.45, 7) is 0. The standard InChI is InChI=1S/C23H17BrCl2N2O4S2/c1-27-19-10-14-6-7-28(23(30)16(14)11-17(19)24)20-3-2-13(9-18(20)25)8-15(29)12-34(31,32)22-5-4-21(26)33-22/h2-7,9-11,27H,8,12H2,1H3. The summed E-state index contributed by atoms with van der Waals surface area (Å²) in [5.41, 5.74) is 1.63. The van der Waals surface area contributed by atoms with E-state index in [0.29, 0.717) is 21.0 Å². The average Bonchev–Trinajstić information content (AvgIpc) is 3.22. The molecular formula is C23H17BrCl2N2O4S2. The van der Waals surface area contributed by atoms with Gasteiger partial charge in [0.15, 0.2) is 15.6 Å². The van der Waals surface area contributed by atoms with Crippen LogP contribution in [-0.2, 0) is 21.1 Å². The van der Waals surface area contributed by atoms with Crippen molar-refractivity contribution >= 4 is 82.5 Å². The van der Waals surface area contributed by atoms with Crippen molar-refractivity contribution in [2.24, 2.45) is 0 Å². The molecule has 0 aliphatic heterocycles. The highest BCUT2D eigenvalue weighted by molar-refractivity contribution is 9.10. The van der Waals surface area contributed by atoms with Crippen LogP contribution in [0.1, 0.15) is 5.56 Å². The molecule has 34 heavy (non-hydrogen) atoms. The van der Waals surface area contributed by atoms with Crippen LogP contribution in [0, 0.1) is 0 Å². The largest absolute Gasteiger partial charge is 0.387 e. The lowest BCUT2D eigenvalue weighted by Crippen LogP contribution is -2.19. The van der Waals surface area contributed by atoms with Crippen LogP contribution in [0.25, 0.3) is 16.5 Å². The van der Waals surface area contributed by atoms with E-state index in [0.717, 1.165) is 26.9 Å². The summed E-state index contributed by atoms with van der Waals surface area (Å²) >= 11 is 16.6. The van der Waals surface area contributed by atoms with E-state index in [4.69, 9.17) is 23.2 Å². The molecule has 11 heteroatoms. The van der Waals surface area contributed by atoms with Crippen molar-refractivity contribution in [1.82, 2.24) is 4.57 Å². The van der Waals surface area contributed by atoms with Gasteiger partial charge in [-0.1, -0.05) is 29.3 Å². The second kappa shape index (κ2) is 9.83. The number of Topliss-reactive ketones (excluding diaryl/α,β-unsaturated/α-hetero) is 1. The molecule has 176 valence electrons. The first-order valence-electron chi connectivity index (χ1n) is 9.90. The lowest BCUT2D eigenvalue weighted by Gasteiger charge is -2.12. The fourth-order valence-electron chi connectivity index (χ4n) is 3.53. The number of carbonyl (C=O) groups is 1. The number of aromatic nitrogens is 1. The minimum Gasteiger partial charge on any atom is -0.387 e. The third-order valence-corrected chi connectivity index (χ3v) is 9.59. The Bertz CT molecular complexity index is 1600. The molecule has 0 bridgehead atoms. The van der Waals surface area contributed by atoms with Crippen molar-refractivity contribution in [3.8, 4) is 5.69 Å². The van der Waals surface area contributed by atoms with Crippen LogP contribution in [0.15, 0.2) is 68.2 Å². The van der Waals surface area contributed by atoms with Crippen molar-refractivity contribution in [1.29, 1.82) is 0 Å². The fourth-order valence-corrected chi connectivity index (χ4v) is 7.18. The summed E-state index contributed by atoms with van der Waals surface area (Å²) in [7, 11) is -1.96. The summed E-state index contributed by atoms with van der Waals surface area (Å²) < 4.78 is 27.4. The molecule has 0 radical (unpaired) electrons. The van der Waals surface area contributed by atoms with Crippen LogP contribution < -0.4 is 10.9 Å². The molecule has 1 N–H and O–H groups in total. The van der Waals surface area contributed by atoms with Gasteiger partial charge in [0.05, 0.1) is 15.0 Å². The first-order chi connectivity index (χ1) is 16.1. The van der Waals surface area contributed by atoms with Crippen LogP contribution in [-0.4, -0.2) is 31.6 Å². The van der Waals surface area contributed by atoms with Crippen molar-refractivity contribution in [2.75, 3.05) is 18.1 Å². The molecule has 0 amide bonds. The molecule has 6 nitrogen and oxygen atoms in total. The van der Waals surface area contributed by atoms with E-state index in [1.807, 2.05) is 12.1 Å². The Balaban J connectivity index is 1.59. The predicted octanol–water partition coefficient (Wildman–Crippen LogP) is 5.75. The zero-order valence-electron chi connectivity index (χ0n) is 17.6. The molecule has 2 heterocycles. The van der Waals surface area contributed by atoms with Crippen LogP contribution in [0.4, 0.5) is 5.69 Å². The first kappa shape index (κ1) is 24.9. The smallest absolute Gasteiger partial charge is 0.263 e. The third kappa shape index (κ3) is 5.08. The van der Waals surface area contributed by atoms with Gasteiger partial charge in [0, 0.05) is 35.2 Å². The van der Waals surface area contributed by atoms with Crippen LogP contribution in [0.5, 0.6) is 0 Å². The number of benzene rings is 2. The van der Waals surface area contributed by atoms with E-state index in [1.54, 1.807) is 37.5 Å². The Hall–Kier alpha value is -2.17. The molecule has 0 aliphatic rings. The number of anilines is 1. The van der Waals surface area contributed by atoms with Gasteiger partial charge < -0.3 is 5.32 Å². The molecule has 0 fully saturated rings. The maximum Gasteiger partial charge on any atom is 0.263 e. The molecular weight excluding hydrogens is 583 g/mol. The number of hydrogen-bond donors (Lipinski definition) is 1. The summed E-state index contributed by atoms with van der Waals surface area (Å²) in [5, 5.41) is 4.62. The van der Waals surface area contributed by atoms with Crippen molar-refractivity contribution in [2.45, 2.75) is 10.6 Å². The number of thiophene rings is 1. The number of nitrogens with one attached hydrogen (secondary N) is 1. The molecule has 0 saturated heterocycles. The third-order valence-electron chi connectivity index (χ3n) is 5.14. The van der Waals surface area contributed by atoms with E-state index < -0.39 is 21.4 Å². The molecule has 0 aliphatic carbocycles. The summed E-state index contributed by atoms with van der Waals surface area (Å²) in [6, 6.07) is 13.2. The first-order valence-corrected chi connectivity index (χ1v) is 13.9. The monoisotopic (exact) mass is 598 g/mol. The van der Waals surface area contributed by atoms with Gasteiger partial charge in [0.25, 0.3) is 5.56 Å². The van der Waals surface area contributed by atoms with E-state index in [-0.39, 0.29) is 21.2 Å². The molecule has 4 aromatic rings. The molecule has 0 saturated carbocycles. The number of carbonyl (C=O) groups excluding carboxylic acids is 1. The Morgan fingerprint density at radius 1 is 1.12 bits per heavy atom. The average molecular weight is 600 g/mol. The molecule has 0 spiro atoms. The van der Waals surface area contributed by atoms with Gasteiger partial charge in [-0.15, -0.1) is 11.3 Å². The van der Waals surface area contributed by atoms with Crippen molar-refractivity contribution in [3.63, 3.8) is 0 Å². The zero-order valence-corrected chi connectivity index (χ0v) is 22.4. The Morgan fingerprint density at radius 3 is 2.53 bits per heavy atom. The van der Waals surface area contributed by atoms with E-state index in [2.05, 4.69) is 21.2 Å². The van der Waals surface area contributed by atoms with Gasteiger partial charge in [-0.3, -0.25) is 14.2 Å². The highest BCUT2D eigenvalue weighted by atomic mass is 79.9. The number of pyridine rings is 1. The number of rotatable bonds is 7. The second-order valence-electron chi connectivity index (χ2n) is 7.48. The number of ketones is 1. The summed E-state index contributed by atoms with van der Waals surface area (Å²) in [5.74, 6) is -1.10. The lowest BCUT2D eigenvalue weighted by molar-refractivity contribution is -0.116. The number of sulfone groups is 1. The number of halogens is 3. The van der Waals surface area contributed by atoms with Crippen molar-refractivity contribution in [3.05, 3.63) is 84.5 Å². The highest BCUT2D eigenvalue weighted by Crippen LogP contribution is 2.29. The van der Waals surface area contributed by atoms with Gasteiger partial charge in [-0.25, -0.2) is 8.42 Å². The fraction of sp³-hybridized carbons (Fsp3) is 0.130. The quantitative estimate of drug-likeness (QED) is 0.292. The number of hydrogen-bond acceptors (Lipinski definition) is 6. The van der Waals surface area contributed by atoms with Gasteiger partial charge >= 0.3 is 0 Å². The van der Waals surface area contributed by atoms with Crippen molar-refractivity contribution < 1.29 is 13.2 Å². The summed E-state index contributed by atoms with van der Waals surface area (Å²) in [6.07, 6.45) is 1.54. The lowest BCUT2D eigenvalue weighted by atomic mass is 10.1. The van der Waals surface area contributed by atoms with Crippen LogP contribution in [0.3, 0.4) is 0 Å². The minimum absolute atomic E-state index is 0.0587. The zero-order chi connectivity index (χ0) is 24.6. The maximum atomic E-state index is 13.1. The Morgan fingerprint density at radius 2 is 1.88 bits per heavy atom. The van der Waals surface area contributed by atoms with Crippen LogP contribution in [0.2, 0.25) is 9.36 Å². The SMILES string of the molecule is CNc1cc2ccn(-c3ccc(CC(=O)CS(=O)(=O)c4ccc(Cl)s4)cc3Cl)c(=O)c2cc1Br. The van der Waals surface area contributed by atoms with E-state index in [9.17, 15) is 18.0 Å². The van der Waals surface area contributed by atoms with Gasteiger partial charge in [0.1, 0.15) is 9.96 Å². The van der Waals surface area contributed by atoms with Gasteiger partial charge in [-0.05, 0) is 69.3 Å². The minimum atomic E-state index is -3.76. The highest BCUT2D eigenvalue weighted by Gasteiger charge is 2.22. The van der Waals surface area contributed by atoms with E-state index in [1.165, 1.54) is 16.7 Å². The van der Waals surface area contributed by atoms with Gasteiger partial charge in [0.2, 0.25) is 0 Å². The maximum absolute atomic E-state index is 13.1. The number of fused-ring (bicyclic) bond motifs is 1. The van der Waals surface area contributed by atoms with Gasteiger partial charge in [-0.2, -0.15) is 0 Å². The molecule has 0 atom stereocenters. The molecule has 2 aromatic heterocycles. The van der Waals surface area contributed by atoms with Crippen LogP contribution >= 0.6 is 50.5 Å². The normalized spacial score (nSPS) is 11.6. The number of nitrogens with zero attached hydrogens (tertiary/aromatic N) is 1. The second-order valence-corrected chi connectivity index (χ2v) is 12.7. The summed E-state index contributed by atoms with van der Waals surface area (Å²) in [4.78, 5) is 25.6. The molecule has 4 rings (SSSR count).